The molecule has 0 atom stereocenters. The van der Waals surface area contributed by atoms with Gasteiger partial charge in [0.2, 0.25) is 0 Å². The van der Waals surface area contributed by atoms with Gasteiger partial charge in [0, 0.05) is 6.54 Å². The Kier molecular flexibility index (Phi) is 2.24. The predicted molar refractivity (Wildman–Crippen MR) is 60.4 cm³/mol. The molecule has 0 radical (unpaired) electrons. The number of hydrogen-bond donors (Lipinski definition) is 0. The van der Waals surface area contributed by atoms with E-state index in [0.717, 1.165) is 12.5 Å². The van der Waals surface area contributed by atoms with Crippen LogP contribution in [-0.2, 0) is 4.79 Å². The van der Waals surface area contributed by atoms with Crippen molar-refractivity contribution in [3.8, 4) is 0 Å². The molecular weight excluding hydrogens is 221 g/mol. The summed E-state index contributed by atoms with van der Waals surface area (Å²) in [5, 5.41) is 0. The second kappa shape index (κ2) is 3.65. The van der Waals surface area contributed by atoms with Gasteiger partial charge in [0.25, 0.3) is 11.7 Å². The van der Waals surface area contributed by atoms with Gasteiger partial charge < -0.3 is 4.90 Å². The Hall–Kier alpha value is -1.71. The summed E-state index contributed by atoms with van der Waals surface area (Å²) < 4.78 is 13.0. The van der Waals surface area contributed by atoms with Gasteiger partial charge in [-0.05, 0) is 30.5 Å². The van der Waals surface area contributed by atoms with Gasteiger partial charge in [-0.25, -0.2) is 4.39 Å². The highest BCUT2D eigenvalue weighted by Gasteiger charge is 2.36. The molecule has 1 saturated carbocycles. The Bertz CT molecular complexity index is 508. The first kappa shape index (κ1) is 10.4. The van der Waals surface area contributed by atoms with Crippen LogP contribution >= 0.6 is 0 Å². The highest BCUT2D eigenvalue weighted by Crippen LogP contribution is 2.35. The van der Waals surface area contributed by atoms with E-state index >= 15 is 0 Å². The van der Waals surface area contributed by atoms with Crippen LogP contribution in [-0.4, -0.2) is 18.2 Å². The molecule has 0 aromatic heterocycles. The molecule has 1 aromatic rings. The van der Waals surface area contributed by atoms with Gasteiger partial charge in [0.05, 0.1) is 11.3 Å². The molecule has 1 aliphatic carbocycles. The lowest BCUT2D eigenvalue weighted by Gasteiger charge is -2.15. The number of halogens is 1. The fraction of sp³-hybridized carbons (Fsp3) is 0.385. The zero-order valence-electron chi connectivity index (χ0n) is 9.28. The molecule has 0 bridgehead atoms. The second-order valence-corrected chi connectivity index (χ2v) is 4.68. The number of carbonyl (C=O) groups is 2. The van der Waals surface area contributed by atoms with E-state index in [9.17, 15) is 14.0 Å². The maximum Gasteiger partial charge on any atom is 0.299 e. The maximum absolute atomic E-state index is 13.0. The Balaban J connectivity index is 1.89. The Morgan fingerprint density at radius 2 is 2.06 bits per heavy atom. The zero-order chi connectivity index (χ0) is 12.0. The Morgan fingerprint density at radius 1 is 1.29 bits per heavy atom. The van der Waals surface area contributed by atoms with E-state index in [-0.39, 0.29) is 5.56 Å². The van der Waals surface area contributed by atoms with Gasteiger partial charge in [0.1, 0.15) is 5.82 Å². The van der Waals surface area contributed by atoms with Crippen molar-refractivity contribution >= 4 is 17.4 Å². The lowest BCUT2D eigenvalue weighted by molar-refractivity contribution is -0.114. The van der Waals surface area contributed by atoms with Crippen LogP contribution in [0.5, 0.6) is 0 Å². The smallest absolute Gasteiger partial charge is 0.299 e. The van der Waals surface area contributed by atoms with E-state index < -0.39 is 17.5 Å². The van der Waals surface area contributed by atoms with Crippen LogP contribution in [0.1, 0.15) is 29.6 Å². The highest BCUT2D eigenvalue weighted by atomic mass is 19.1. The van der Waals surface area contributed by atoms with Crippen LogP contribution in [0.15, 0.2) is 18.2 Å². The molecule has 0 saturated heterocycles. The van der Waals surface area contributed by atoms with Crippen LogP contribution in [0.25, 0.3) is 0 Å². The van der Waals surface area contributed by atoms with E-state index in [1.807, 2.05) is 0 Å². The number of fused-ring (bicyclic) bond motifs is 1. The molecule has 17 heavy (non-hydrogen) atoms. The molecule has 1 fully saturated rings. The van der Waals surface area contributed by atoms with Gasteiger partial charge in [-0.3, -0.25) is 9.59 Å². The summed E-state index contributed by atoms with van der Waals surface area (Å²) in [4.78, 5) is 24.9. The van der Waals surface area contributed by atoms with Gasteiger partial charge in [-0.15, -0.1) is 0 Å². The summed E-state index contributed by atoms with van der Waals surface area (Å²) >= 11 is 0. The second-order valence-electron chi connectivity index (χ2n) is 4.68. The molecule has 4 heteroatoms. The van der Waals surface area contributed by atoms with Crippen molar-refractivity contribution in [3.05, 3.63) is 29.6 Å². The van der Waals surface area contributed by atoms with Gasteiger partial charge in [-0.2, -0.15) is 0 Å². The molecule has 2 aliphatic rings. The first-order valence-corrected chi connectivity index (χ1v) is 5.82. The van der Waals surface area contributed by atoms with Crippen molar-refractivity contribution in [2.75, 3.05) is 11.4 Å². The molecule has 1 heterocycles. The molecule has 1 amide bonds. The zero-order valence-corrected chi connectivity index (χ0v) is 9.28. The maximum atomic E-state index is 13.0. The number of nitrogens with zero attached hydrogens (tertiary/aromatic N) is 1. The SMILES string of the molecule is O=C1C(=O)N(CCC2CC2)c2ccc(F)cc21. The summed E-state index contributed by atoms with van der Waals surface area (Å²) in [5.41, 5.74) is 0.757. The summed E-state index contributed by atoms with van der Waals surface area (Å²) in [5.74, 6) is -0.891. The average molecular weight is 233 g/mol. The molecule has 1 aliphatic heterocycles. The number of hydrogen-bond acceptors (Lipinski definition) is 2. The fourth-order valence-corrected chi connectivity index (χ4v) is 2.21. The number of Topliss-reactive ketones (excluding diaryl/α,β-unsaturated/α-hetero) is 1. The minimum atomic E-state index is -0.588. The molecule has 0 unspecified atom stereocenters. The number of benzene rings is 1. The third kappa shape index (κ3) is 1.73. The predicted octanol–water partition coefficient (Wildman–Crippen LogP) is 2.16. The topological polar surface area (TPSA) is 37.4 Å². The van der Waals surface area contributed by atoms with E-state index in [1.54, 1.807) is 0 Å². The Labute approximate surface area is 98.2 Å². The van der Waals surface area contributed by atoms with Gasteiger partial charge >= 0.3 is 0 Å². The average Bonchev–Trinajstić information content (AvgIpc) is 3.10. The van der Waals surface area contributed by atoms with Crippen LogP contribution in [0, 0.1) is 11.7 Å². The molecule has 1 aromatic carbocycles. The lowest BCUT2D eigenvalue weighted by Crippen LogP contribution is -2.30. The number of amides is 1. The minimum Gasteiger partial charge on any atom is -0.305 e. The standard InChI is InChI=1S/C13H12FNO2/c14-9-3-4-11-10(7-9)12(16)13(17)15(11)6-5-8-1-2-8/h3-4,7-8H,1-2,5-6H2. The van der Waals surface area contributed by atoms with Crippen LogP contribution in [0.2, 0.25) is 0 Å². The summed E-state index contributed by atoms with van der Waals surface area (Å²) in [6.07, 6.45) is 3.36. The van der Waals surface area contributed by atoms with Crippen LogP contribution in [0.4, 0.5) is 10.1 Å². The molecule has 88 valence electrons. The number of carbonyl (C=O) groups excluding carboxylic acids is 2. The largest absolute Gasteiger partial charge is 0.305 e. The van der Waals surface area contributed by atoms with Crippen molar-refractivity contribution in [1.29, 1.82) is 0 Å². The van der Waals surface area contributed by atoms with E-state index in [1.165, 1.54) is 29.9 Å². The van der Waals surface area contributed by atoms with E-state index in [2.05, 4.69) is 0 Å². The van der Waals surface area contributed by atoms with E-state index in [4.69, 9.17) is 0 Å². The van der Waals surface area contributed by atoms with Crippen molar-refractivity contribution in [2.45, 2.75) is 19.3 Å². The number of ketones is 1. The van der Waals surface area contributed by atoms with E-state index in [0.29, 0.717) is 18.2 Å². The van der Waals surface area contributed by atoms with Crippen molar-refractivity contribution in [1.82, 2.24) is 0 Å². The Morgan fingerprint density at radius 3 is 2.76 bits per heavy atom. The summed E-state index contributed by atoms with van der Waals surface area (Å²) in [6.45, 7) is 0.563. The molecule has 0 N–H and O–H groups in total. The van der Waals surface area contributed by atoms with Crippen molar-refractivity contribution < 1.29 is 14.0 Å². The van der Waals surface area contributed by atoms with Crippen LogP contribution in [0.3, 0.4) is 0 Å². The lowest BCUT2D eigenvalue weighted by atomic mass is 10.1. The summed E-state index contributed by atoms with van der Waals surface area (Å²) in [6, 6.07) is 3.95. The molecule has 0 spiro atoms. The van der Waals surface area contributed by atoms with Crippen LogP contribution < -0.4 is 4.90 Å². The number of anilines is 1. The monoisotopic (exact) mass is 233 g/mol. The fourth-order valence-electron chi connectivity index (χ4n) is 2.21. The third-order valence-corrected chi connectivity index (χ3v) is 3.39. The van der Waals surface area contributed by atoms with Crippen molar-refractivity contribution in [2.24, 2.45) is 5.92 Å². The van der Waals surface area contributed by atoms with Gasteiger partial charge in [0.15, 0.2) is 0 Å². The first-order valence-electron chi connectivity index (χ1n) is 5.82. The minimum absolute atomic E-state index is 0.200. The summed E-state index contributed by atoms with van der Waals surface area (Å²) in [7, 11) is 0. The molecular formula is C13H12FNO2. The first-order chi connectivity index (χ1) is 8.16. The quantitative estimate of drug-likeness (QED) is 0.750. The normalized spacial score (nSPS) is 18.8. The highest BCUT2D eigenvalue weighted by molar-refractivity contribution is 6.52. The molecule has 3 rings (SSSR count). The van der Waals surface area contributed by atoms with Crippen molar-refractivity contribution in [3.63, 3.8) is 0 Å². The molecule has 3 nitrogen and oxygen atoms in total. The van der Waals surface area contributed by atoms with Gasteiger partial charge in [-0.1, -0.05) is 12.8 Å². The third-order valence-electron chi connectivity index (χ3n) is 3.39. The number of rotatable bonds is 3.